The van der Waals surface area contributed by atoms with Gasteiger partial charge in [-0.15, -0.1) is 0 Å². The minimum atomic E-state index is -0.0127. The summed E-state index contributed by atoms with van der Waals surface area (Å²) in [4.78, 5) is 11.8. The Balaban J connectivity index is 1.45. The second-order valence-electron chi connectivity index (χ2n) is 5.37. The number of hydrogen-bond acceptors (Lipinski definition) is 3. The molecule has 1 unspecified atom stereocenters. The molecule has 2 fully saturated rings. The minimum absolute atomic E-state index is 0.0127. The standard InChI is InChI=1S/C15H20N2O2/c1-2-10-4-3-5-11(6-10)19-9-14(18)17-15-12-7-16-8-13(12)15/h3-6,12-13,15-16H,2,7-9H2,1H3,(H,17,18)/t12-,13+,15?. The van der Waals surface area contributed by atoms with Gasteiger partial charge in [-0.2, -0.15) is 0 Å². The fourth-order valence-electron chi connectivity index (χ4n) is 2.86. The van der Waals surface area contributed by atoms with Crippen molar-refractivity contribution in [2.45, 2.75) is 19.4 Å². The largest absolute Gasteiger partial charge is 0.484 e. The van der Waals surface area contributed by atoms with Crippen LogP contribution in [0.15, 0.2) is 24.3 Å². The highest BCUT2D eigenvalue weighted by atomic mass is 16.5. The summed E-state index contributed by atoms with van der Waals surface area (Å²) in [5, 5.41) is 6.36. The number of amides is 1. The van der Waals surface area contributed by atoms with E-state index in [1.165, 1.54) is 5.56 Å². The van der Waals surface area contributed by atoms with Crippen LogP contribution in [-0.2, 0) is 11.2 Å². The zero-order chi connectivity index (χ0) is 13.2. The summed E-state index contributed by atoms with van der Waals surface area (Å²) in [6.45, 7) is 4.28. The van der Waals surface area contributed by atoms with E-state index >= 15 is 0 Å². The van der Waals surface area contributed by atoms with Crippen molar-refractivity contribution >= 4 is 5.91 Å². The van der Waals surface area contributed by atoms with E-state index in [9.17, 15) is 4.79 Å². The van der Waals surface area contributed by atoms with Crippen LogP contribution in [0, 0.1) is 11.8 Å². The average Bonchev–Trinajstić information content (AvgIpc) is 2.88. The number of aryl methyl sites for hydroxylation is 1. The van der Waals surface area contributed by atoms with E-state index in [0.717, 1.165) is 25.3 Å². The van der Waals surface area contributed by atoms with E-state index in [1.807, 2.05) is 18.2 Å². The lowest BCUT2D eigenvalue weighted by atomic mass is 10.2. The number of fused-ring (bicyclic) bond motifs is 1. The van der Waals surface area contributed by atoms with Gasteiger partial charge in [0.05, 0.1) is 0 Å². The minimum Gasteiger partial charge on any atom is -0.484 e. The molecule has 1 aliphatic heterocycles. The predicted octanol–water partition coefficient (Wildman–Crippen LogP) is 0.962. The van der Waals surface area contributed by atoms with Crippen molar-refractivity contribution < 1.29 is 9.53 Å². The van der Waals surface area contributed by atoms with Crippen LogP contribution in [0.2, 0.25) is 0 Å². The molecular weight excluding hydrogens is 240 g/mol. The molecule has 1 amide bonds. The molecule has 1 heterocycles. The molecule has 102 valence electrons. The van der Waals surface area contributed by atoms with Gasteiger partial charge in [-0.05, 0) is 36.0 Å². The summed E-state index contributed by atoms with van der Waals surface area (Å²) in [6.07, 6.45) is 0.974. The third-order valence-electron chi connectivity index (χ3n) is 4.10. The second kappa shape index (κ2) is 5.21. The number of hydrogen-bond donors (Lipinski definition) is 2. The van der Waals surface area contributed by atoms with Gasteiger partial charge in [0.15, 0.2) is 6.61 Å². The monoisotopic (exact) mass is 260 g/mol. The first kappa shape index (κ1) is 12.5. The van der Waals surface area contributed by atoms with Crippen LogP contribution in [0.4, 0.5) is 0 Å². The van der Waals surface area contributed by atoms with E-state index in [0.29, 0.717) is 17.9 Å². The lowest BCUT2D eigenvalue weighted by Gasteiger charge is -2.09. The summed E-state index contributed by atoms with van der Waals surface area (Å²) in [7, 11) is 0. The molecular formula is C15H20N2O2. The summed E-state index contributed by atoms with van der Waals surface area (Å²) in [6, 6.07) is 8.28. The van der Waals surface area contributed by atoms with Gasteiger partial charge in [0.25, 0.3) is 5.91 Å². The van der Waals surface area contributed by atoms with E-state index in [1.54, 1.807) is 0 Å². The molecule has 1 saturated carbocycles. The third kappa shape index (κ3) is 2.73. The Bertz CT molecular complexity index is 465. The predicted molar refractivity (Wildman–Crippen MR) is 73.1 cm³/mol. The molecule has 3 atom stereocenters. The van der Waals surface area contributed by atoms with Crippen LogP contribution in [0.5, 0.6) is 5.75 Å². The molecule has 1 aromatic carbocycles. The van der Waals surface area contributed by atoms with Crippen molar-refractivity contribution in [1.82, 2.24) is 10.6 Å². The lowest BCUT2D eigenvalue weighted by molar-refractivity contribution is -0.123. The summed E-state index contributed by atoms with van der Waals surface area (Å²) in [5.74, 6) is 2.05. The molecule has 2 aliphatic rings. The Kier molecular flexibility index (Phi) is 3.42. The van der Waals surface area contributed by atoms with Gasteiger partial charge in [-0.1, -0.05) is 19.1 Å². The van der Waals surface area contributed by atoms with Gasteiger partial charge >= 0.3 is 0 Å². The van der Waals surface area contributed by atoms with Crippen molar-refractivity contribution in [1.29, 1.82) is 0 Å². The first-order valence-corrected chi connectivity index (χ1v) is 6.99. The molecule has 0 aromatic heterocycles. The molecule has 0 spiro atoms. The smallest absolute Gasteiger partial charge is 0.258 e. The highest BCUT2D eigenvalue weighted by molar-refractivity contribution is 5.78. The maximum atomic E-state index is 11.8. The average molecular weight is 260 g/mol. The Hall–Kier alpha value is -1.55. The molecule has 3 rings (SSSR count). The fraction of sp³-hybridized carbons (Fsp3) is 0.533. The topological polar surface area (TPSA) is 50.4 Å². The normalized spacial score (nSPS) is 27.7. The molecule has 1 saturated heterocycles. The quantitative estimate of drug-likeness (QED) is 0.829. The molecule has 1 aliphatic carbocycles. The Labute approximate surface area is 113 Å². The van der Waals surface area contributed by atoms with Crippen LogP contribution >= 0.6 is 0 Å². The van der Waals surface area contributed by atoms with Crippen LogP contribution in [-0.4, -0.2) is 31.6 Å². The molecule has 19 heavy (non-hydrogen) atoms. The van der Waals surface area contributed by atoms with Crippen molar-refractivity contribution in [2.75, 3.05) is 19.7 Å². The number of carbonyl (C=O) groups is 1. The first-order chi connectivity index (χ1) is 9.28. The van der Waals surface area contributed by atoms with Gasteiger partial charge in [-0.3, -0.25) is 4.79 Å². The number of nitrogens with one attached hydrogen (secondary N) is 2. The summed E-state index contributed by atoms with van der Waals surface area (Å²) in [5.41, 5.74) is 1.22. The van der Waals surface area contributed by atoms with Crippen LogP contribution in [0.1, 0.15) is 12.5 Å². The molecule has 4 heteroatoms. The Morgan fingerprint density at radius 2 is 2.21 bits per heavy atom. The zero-order valence-electron chi connectivity index (χ0n) is 11.2. The SMILES string of the molecule is CCc1cccc(OCC(=O)NC2[C@H]3CNC[C@@H]23)c1. The number of piperidine rings is 1. The van der Waals surface area contributed by atoms with Gasteiger partial charge in [0, 0.05) is 19.1 Å². The van der Waals surface area contributed by atoms with Crippen molar-refractivity contribution in [3.63, 3.8) is 0 Å². The zero-order valence-corrected chi connectivity index (χ0v) is 11.2. The molecule has 4 nitrogen and oxygen atoms in total. The van der Waals surface area contributed by atoms with Gasteiger partial charge < -0.3 is 15.4 Å². The van der Waals surface area contributed by atoms with Crippen molar-refractivity contribution in [3.05, 3.63) is 29.8 Å². The van der Waals surface area contributed by atoms with Crippen molar-refractivity contribution in [3.8, 4) is 5.75 Å². The van der Waals surface area contributed by atoms with Gasteiger partial charge in [0.1, 0.15) is 5.75 Å². The van der Waals surface area contributed by atoms with E-state index in [-0.39, 0.29) is 12.5 Å². The number of rotatable bonds is 5. The molecule has 0 radical (unpaired) electrons. The fourth-order valence-corrected chi connectivity index (χ4v) is 2.86. The van der Waals surface area contributed by atoms with E-state index in [2.05, 4.69) is 23.6 Å². The summed E-state index contributed by atoms with van der Waals surface area (Å²) >= 11 is 0. The molecule has 1 aromatic rings. The highest BCUT2D eigenvalue weighted by Crippen LogP contribution is 2.41. The van der Waals surface area contributed by atoms with Crippen LogP contribution in [0.3, 0.4) is 0 Å². The molecule has 0 bridgehead atoms. The lowest BCUT2D eigenvalue weighted by Crippen LogP contribution is -2.35. The Morgan fingerprint density at radius 3 is 2.95 bits per heavy atom. The van der Waals surface area contributed by atoms with E-state index in [4.69, 9.17) is 4.74 Å². The van der Waals surface area contributed by atoms with Crippen LogP contribution in [0.25, 0.3) is 0 Å². The second-order valence-corrected chi connectivity index (χ2v) is 5.37. The van der Waals surface area contributed by atoms with Crippen LogP contribution < -0.4 is 15.4 Å². The van der Waals surface area contributed by atoms with Gasteiger partial charge in [0.2, 0.25) is 0 Å². The maximum absolute atomic E-state index is 11.8. The number of carbonyl (C=O) groups excluding carboxylic acids is 1. The van der Waals surface area contributed by atoms with E-state index < -0.39 is 0 Å². The molecule has 2 N–H and O–H groups in total. The third-order valence-corrected chi connectivity index (χ3v) is 4.10. The first-order valence-electron chi connectivity index (χ1n) is 6.99. The Morgan fingerprint density at radius 1 is 1.42 bits per heavy atom. The van der Waals surface area contributed by atoms with Gasteiger partial charge in [-0.25, -0.2) is 0 Å². The highest BCUT2D eigenvalue weighted by Gasteiger charge is 2.53. The van der Waals surface area contributed by atoms with Crippen molar-refractivity contribution in [2.24, 2.45) is 11.8 Å². The summed E-state index contributed by atoms with van der Waals surface area (Å²) < 4.78 is 5.53. The number of ether oxygens (including phenoxy) is 1. The number of benzene rings is 1. The maximum Gasteiger partial charge on any atom is 0.258 e.